The highest BCUT2D eigenvalue weighted by atomic mass is 32.1. The van der Waals surface area contributed by atoms with Gasteiger partial charge in [-0.05, 0) is 55.8 Å². The minimum atomic E-state index is -0.283. The number of azo groups is 1. The summed E-state index contributed by atoms with van der Waals surface area (Å²) in [5.41, 5.74) is 3.46. The molecule has 8 heteroatoms. The molecule has 0 unspecified atom stereocenters. The molecule has 0 radical (unpaired) electrons. The van der Waals surface area contributed by atoms with Crippen LogP contribution < -0.4 is 10.3 Å². The maximum atomic E-state index is 12.8. The summed E-state index contributed by atoms with van der Waals surface area (Å²) in [7, 11) is 1.63. The van der Waals surface area contributed by atoms with Gasteiger partial charge in [0.1, 0.15) is 5.75 Å². The molecule has 0 saturated heterocycles. The van der Waals surface area contributed by atoms with Crippen LogP contribution in [0, 0.1) is 13.8 Å². The number of benzene rings is 2. The number of rotatable bonds is 5. The van der Waals surface area contributed by atoms with Crippen molar-refractivity contribution < 1.29 is 4.74 Å². The molecule has 0 aliphatic carbocycles. The van der Waals surface area contributed by atoms with E-state index < -0.39 is 0 Å². The highest BCUT2D eigenvalue weighted by Gasteiger charge is 2.15. The van der Waals surface area contributed by atoms with E-state index in [1.165, 1.54) is 16.0 Å². The van der Waals surface area contributed by atoms with Gasteiger partial charge in [0, 0.05) is 6.20 Å². The summed E-state index contributed by atoms with van der Waals surface area (Å²) in [6.45, 7) is 3.80. The number of aryl methyl sites for hydroxylation is 2. The van der Waals surface area contributed by atoms with Crippen molar-refractivity contribution in [2.24, 2.45) is 10.2 Å². The van der Waals surface area contributed by atoms with Crippen LogP contribution in [0.1, 0.15) is 11.3 Å². The quantitative estimate of drug-likeness (QED) is 0.455. The van der Waals surface area contributed by atoms with E-state index in [2.05, 4.69) is 20.3 Å². The van der Waals surface area contributed by atoms with Gasteiger partial charge in [-0.15, -0.1) is 5.11 Å². The summed E-state index contributed by atoms with van der Waals surface area (Å²) in [5.74, 6) is 0.790. The summed E-state index contributed by atoms with van der Waals surface area (Å²) in [6.07, 6.45) is 1.75. The molecule has 0 amide bonds. The first-order chi connectivity index (χ1) is 14.0. The molecule has 7 nitrogen and oxygen atoms in total. The number of hydrogen-bond acceptors (Lipinski definition) is 6. The lowest BCUT2D eigenvalue weighted by Crippen LogP contribution is -2.13. The van der Waals surface area contributed by atoms with Crippen molar-refractivity contribution in [3.05, 3.63) is 76.3 Å². The van der Waals surface area contributed by atoms with Gasteiger partial charge in [-0.25, -0.2) is 4.98 Å². The molecule has 4 aromatic rings. The normalized spacial score (nSPS) is 11.3. The van der Waals surface area contributed by atoms with Crippen molar-refractivity contribution in [3.8, 4) is 21.3 Å². The third kappa shape index (κ3) is 3.88. The van der Waals surface area contributed by atoms with Crippen molar-refractivity contribution in [2.75, 3.05) is 7.11 Å². The fourth-order valence-electron chi connectivity index (χ4n) is 2.77. The van der Waals surface area contributed by atoms with E-state index in [0.29, 0.717) is 16.5 Å². The molecule has 2 heterocycles. The zero-order valence-electron chi connectivity index (χ0n) is 16.2. The summed E-state index contributed by atoms with van der Waals surface area (Å²) in [5, 5.41) is 11.9. The van der Waals surface area contributed by atoms with Crippen molar-refractivity contribution in [1.29, 1.82) is 0 Å². The third-order valence-electron chi connectivity index (χ3n) is 4.40. The number of nitrogens with one attached hydrogen (secondary N) is 1. The molecular weight excluding hydrogens is 386 g/mol. The van der Waals surface area contributed by atoms with E-state index in [4.69, 9.17) is 4.74 Å². The van der Waals surface area contributed by atoms with Gasteiger partial charge < -0.3 is 4.74 Å². The lowest BCUT2D eigenvalue weighted by molar-refractivity contribution is 0.415. The smallest absolute Gasteiger partial charge is 0.301 e. The Morgan fingerprint density at radius 1 is 1.03 bits per heavy atom. The summed E-state index contributed by atoms with van der Waals surface area (Å²) in [4.78, 5) is 18.2. The first kappa shape index (κ1) is 18.8. The van der Waals surface area contributed by atoms with E-state index in [0.717, 1.165) is 21.8 Å². The number of methoxy groups -OCH3 is 1. The van der Waals surface area contributed by atoms with Gasteiger partial charge in [0.2, 0.25) is 5.13 Å². The highest BCUT2D eigenvalue weighted by molar-refractivity contribution is 7.17. The molecule has 29 heavy (non-hydrogen) atoms. The second kappa shape index (κ2) is 7.84. The first-order valence-electron chi connectivity index (χ1n) is 8.96. The van der Waals surface area contributed by atoms with Crippen LogP contribution in [0.15, 0.2) is 69.8 Å². The number of aromatic nitrogens is 3. The second-order valence-corrected chi connectivity index (χ2v) is 7.51. The number of ether oxygens (including phenoxy) is 1. The fourth-order valence-corrected chi connectivity index (χ4v) is 3.65. The van der Waals surface area contributed by atoms with Crippen LogP contribution >= 0.6 is 11.3 Å². The Morgan fingerprint density at radius 2 is 1.76 bits per heavy atom. The minimum Gasteiger partial charge on any atom is -0.497 e. The van der Waals surface area contributed by atoms with Gasteiger partial charge in [-0.3, -0.25) is 9.89 Å². The summed E-state index contributed by atoms with van der Waals surface area (Å²) in [6, 6.07) is 15.3. The minimum absolute atomic E-state index is 0.270. The number of nitrogens with zero attached hydrogens (tertiary/aromatic N) is 4. The Balaban J connectivity index is 1.63. The Hall–Kier alpha value is -3.52. The van der Waals surface area contributed by atoms with Crippen LogP contribution in [0.3, 0.4) is 0 Å². The van der Waals surface area contributed by atoms with Crippen molar-refractivity contribution in [1.82, 2.24) is 14.8 Å². The average molecular weight is 405 g/mol. The Kier molecular flexibility index (Phi) is 5.09. The molecule has 0 aliphatic rings. The predicted octanol–water partition coefficient (Wildman–Crippen LogP) is 5.33. The summed E-state index contributed by atoms with van der Waals surface area (Å²) >= 11 is 1.41. The summed E-state index contributed by atoms with van der Waals surface area (Å²) < 4.78 is 6.59. The van der Waals surface area contributed by atoms with Crippen molar-refractivity contribution >= 4 is 22.7 Å². The van der Waals surface area contributed by atoms with E-state index in [1.54, 1.807) is 20.2 Å². The van der Waals surface area contributed by atoms with Crippen LogP contribution in [0.25, 0.3) is 15.6 Å². The average Bonchev–Trinajstić information content (AvgIpc) is 3.33. The number of thiazole rings is 1. The van der Waals surface area contributed by atoms with Crippen molar-refractivity contribution in [2.45, 2.75) is 13.8 Å². The molecule has 0 fully saturated rings. The Bertz CT molecular complexity index is 1220. The van der Waals surface area contributed by atoms with Crippen LogP contribution in [-0.4, -0.2) is 21.9 Å². The molecule has 146 valence electrons. The first-order valence-corrected chi connectivity index (χ1v) is 9.77. The van der Waals surface area contributed by atoms with Crippen molar-refractivity contribution in [3.63, 3.8) is 0 Å². The number of aromatic amines is 1. The Morgan fingerprint density at radius 3 is 2.45 bits per heavy atom. The molecule has 1 N–H and O–H groups in total. The molecule has 0 atom stereocenters. The molecule has 0 bridgehead atoms. The maximum absolute atomic E-state index is 12.8. The second-order valence-electron chi connectivity index (χ2n) is 6.50. The van der Waals surface area contributed by atoms with Crippen LogP contribution in [-0.2, 0) is 0 Å². The largest absolute Gasteiger partial charge is 0.497 e. The number of H-pyrrole nitrogens is 1. The lowest BCUT2D eigenvalue weighted by atomic mass is 10.2. The van der Waals surface area contributed by atoms with E-state index in [-0.39, 0.29) is 11.2 Å². The van der Waals surface area contributed by atoms with E-state index in [9.17, 15) is 4.79 Å². The van der Waals surface area contributed by atoms with Gasteiger partial charge in [0.25, 0.3) is 0 Å². The molecule has 0 saturated carbocycles. The van der Waals surface area contributed by atoms with Gasteiger partial charge >= 0.3 is 5.56 Å². The standard InChI is InChI=1S/C21H19N5O2S/c1-13-4-8-16(9-5-13)23-24-19-14(2)25-26(20(19)27)21-22-12-18(29-21)15-6-10-17(28-3)11-7-15/h4-12,25H,1-3H3. The molecule has 0 aliphatic heterocycles. The maximum Gasteiger partial charge on any atom is 0.301 e. The molecule has 2 aromatic heterocycles. The van der Waals surface area contributed by atoms with Gasteiger partial charge in [-0.1, -0.05) is 29.0 Å². The van der Waals surface area contributed by atoms with Gasteiger partial charge in [-0.2, -0.15) is 9.80 Å². The van der Waals surface area contributed by atoms with Gasteiger partial charge in [0.15, 0.2) is 5.69 Å². The SMILES string of the molecule is COc1ccc(-c2cnc(-n3[nH]c(C)c(N=Nc4ccc(C)cc4)c3=O)s2)cc1. The topological polar surface area (TPSA) is 84.6 Å². The van der Waals surface area contributed by atoms with E-state index in [1.807, 2.05) is 55.5 Å². The van der Waals surface area contributed by atoms with Gasteiger partial charge in [0.05, 0.1) is 23.4 Å². The predicted molar refractivity (Wildman–Crippen MR) is 114 cm³/mol. The molecular formula is C21H19N5O2S. The molecule has 4 rings (SSSR count). The number of hydrogen-bond donors (Lipinski definition) is 1. The zero-order chi connectivity index (χ0) is 20.4. The van der Waals surface area contributed by atoms with Crippen LogP contribution in [0.5, 0.6) is 5.75 Å². The molecule has 2 aromatic carbocycles. The fraction of sp³-hybridized carbons (Fsp3) is 0.143. The lowest BCUT2D eigenvalue weighted by Gasteiger charge is -2.00. The highest BCUT2D eigenvalue weighted by Crippen LogP contribution is 2.29. The van der Waals surface area contributed by atoms with E-state index >= 15 is 0 Å². The molecule has 0 spiro atoms. The Labute approximate surface area is 171 Å². The van der Waals surface area contributed by atoms with Crippen LogP contribution in [0.2, 0.25) is 0 Å². The monoisotopic (exact) mass is 405 g/mol. The zero-order valence-corrected chi connectivity index (χ0v) is 17.0. The third-order valence-corrected chi connectivity index (χ3v) is 5.43. The van der Waals surface area contributed by atoms with Crippen LogP contribution in [0.4, 0.5) is 11.4 Å².